The topological polar surface area (TPSA) is 176 Å². The van der Waals surface area contributed by atoms with E-state index in [0.29, 0.717) is 172 Å². The van der Waals surface area contributed by atoms with Crippen molar-refractivity contribution in [2.75, 3.05) is 185 Å². The Morgan fingerprint density at radius 2 is 0.554 bits per heavy atom. The van der Waals surface area contributed by atoms with E-state index in [1.54, 1.807) is 7.05 Å². The Labute approximate surface area is 335 Å². The van der Waals surface area contributed by atoms with Crippen LogP contribution in [0.4, 0.5) is 4.79 Å². The molecule has 0 aliphatic rings. The molecule has 0 spiro atoms. The summed E-state index contributed by atoms with van der Waals surface area (Å²) >= 11 is 0. The van der Waals surface area contributed by atoms with Gasteiger partial charge in [-0.25, -0.2) is 9.59 Å². The lowest BCUT2D eigenvalue weighted by atomic mass is 10.2. The zero-order valence-corrected chi connectivity index (χ0v) is 35.5. The molecule has 0 N–H and O–H groups in total. The molecule has 18 nitrogen and oxygen atoms in total. The molecule has 0 aromatic rings. The van der Waals surface area contributed by atoms with Crippen LogP contribution < -0.4 is 0 Å². The predicted octanol–water partition coefficient (Wildman–Crippen LogP) is 2.41. The third kappa shape index (κ3) is 44.9. The highest BCUT2D eigenvalue weighted by Crippen LogP contribution is 2.09. The minimum Gasteiger partial charge on any atom is -0.458 e. The van der Waals surface area contributed by atoms with Gasteiger partial charge in [0.1, 0.15) is 17.8 Å². The maximum absolute atomic E-state index is 11.9. The van der Waals surface area contributed by atoms with Gasteiger partial charge in [0.15, 0.2) is 0 Å². The number of esters is 1. The SMILES string of the molecule is CN(CCOCCOCCOCCOCCOCCOCCOCCOCCOCCOCCOCCOCCOCC(=O)OC(C)(C)C)C(=O)OC(C)(C)C. The molecule has 0 bridgehead atoms. The van der Waals surface area contributed by atoms with E-state index in [9.17, 15) is 9.59 Å². The number of rotatable bonds is 41. The number of carbonyl (C=O) groups excluding carboxylic acids is 2. The standard InChI is InChI=1S/C38H75NO17/c1-37(2,3)55-35(40)34-54-33-32-53-31-30-52-29-28-51-27-26-50-25-24-49-23-22-48-21-20-47-19-18-46-17-16-45-15-14-44-13-12-43-11-10-42-9-8-39(7)36(41)56-38(4,5)6/h8-34H2,1-7H3. The van der Waals surface area contributed by atoms with E-state index in [2.05, 4.69) is 0 Å². The van der Waals surface area contributed by atoms with Gasteiger partial charge in [-0.05, 0) is 41.5 Å². The third-order valence-electron chi connectivity index (χ3n) is 6.38. The second-order valence-corrected chi connectivity index (χ2v) is 13.9. The molecule has 0 heterocycles. The normalized spacial score (nSPS) is 12.0. The highest BCUT2D eigenvalue weighted by atomic mass is 16.6. The van der Waals surface area contributed by atoms with Crippen molar-refractivity contribution in [2.24, 2.45) is 0 Å². The average Bonchev–Trinajstić information content (AvgIpc) is 3.12. The molecule has 334 valence electrons. The van der Waals surface area contributed by atoms with Crippen LogP contribution in [0.3, 0.4) is 0 Å². The summed E-state index contributed by atoms with van der Waals surface area (Å²) in [5.74, 6) is -0.391. The van der Waals surface area contributed by atoms with Crippen LogP contribution in [-0.4, -0.2) is 214 Å². The van der Waals surface area contributed by atoms with Gasteiger partial charge >= 0.3 is 12.1 Å². The second-order valence-electron chi connectivity index (χ2n) is 13.9. The maximum atomic E-state index is 11.9. The van der Waals surface area contributed by atoms with Gasteiger partial charge in [0.05, 0.1) is 165 Å². The molecule has 56 heavy (non-hydrogen) atoms. The highest BCUT2D eigenvalue weighted by Gasteiger charge is 2.19. The van der Waals surface area contributed by atoms with E-state index in [0.717, 1.165) is 0 Å². The fourth-order valence-corrected chi connectivity index (χ4v) is 3.80. The van der Waals surface area contributed by atoms with Crippen molar-refractivity contribution in [1.82, 2.24) is 4.90 Å². The molecule has 1 amide bonds. The zero-order chi connectivity index (χ0) is 41.4. The molecule has 0 aliphatic heterocycles. The largest absolute Gasteiger partial charge is 0.458 e. The summed E-state index contributed by atoms with van der Waals surface area (Å²) in [6, 6.07) is 0. The monoisotopic (exact) mass is 818 g/mol. The summed E-state index contributed by atoms with van der Waals surface area (Å²) in [5, 5.41) is 0. The lowest BCUT2D eigenvalue weighted by Crippen LogP contribution is -2.36. The lowest BCUT2D eigenvalue weighted by Gasteiger charge is -2.24. The van der Waals surface area contributed by atoms with Gasteiger partial charge in [-0.3, -0.25) is 0 Å². The molecule has 0 radical (unpaired) electrons. The molecule has 0 saturated heterocycles. The quantitative estimate of drug-likeness (QED) is 0.0649. The average molecular weight is 818 g/mol. The van der Waals surface area contributed by atoms with Crippen molar-refractivity contribution in [3.8, 4) is 0 Å². The number of ether oxygens (including phenoxy) is 15. The first kappa shape index (κ1) is 54.2. The summed E-state index contributed by atoms with van der Waals surface area (Å²) in [4.78, 5) is 24.9. The van der Waals surface area contributed by atoms with Crippen molar-refractivity contribution < 1.29 is 80.6 Å². The van der Waals surface area contributed by atoms with Crippen molar-refractivity contribution in [3.05, 3.63) is 0 Å². The van der Waals surface area contributed by atoms with Crippen molar-refractivity contribution in [3.63, 3.8) is 0 Å². The number of nitrogens with zero attached hydrogens (tertiary/aromatic N) is 1. The third-order valence-corrected chi connectivity index (χ3v) is 6.38. The Morgan fingerprint density at radius 1 is 0.339 bits per heavy atom. The summed E-state index contributed by atoms with van der Waals surface area (Å²) in [6.45, 7) is 22.8. The first-order valence-electron chi connectivity index (χ1n) is 19.6. The van der Waals surface area contributed by atoms with Gasteiger partial charge in [-0.1, -0.05) is 0 Å². The molecular weight excluding hydrogens is 742 g/mol. The molecule has 0 fully saturated rings. The number of hydrogen-bond donors (Lipinski definition) is 0. The van der Waals surface area contributed by atoms with E-state index in [1.807, 2.05) is 41.5 Å². The molecule has 18 heteroatoms. The molecule has 0 rings (SSSR count). The summed E-state index contributed by atoms with van der Waals surface area (Å²) < 4.78 is 81.3. The molecule has 0 aromatic carbocycles. The van der Waals surface area contributed by atoms with Crippen LogP contribution in [-0.2, 0) is 75.8 Å². The fraction of sp³-hybridized carbons (Fsp3) is 0.947. The summed E-state index contributed by atoms with van der Waals surface area (Å²) in [5.41, 5.74) is -1.03. The van der Waals surface area contributed by atoms with E-state index in [-0.39, 0.29) is 12.7 Å². The minimum atomic E-state index is -0.517. The number of amides is 1. The number of hydrogen-bond acceptors (Lipinski definition) is 17. The first-order valence-corrected chi connectivity index (χ1v) is 19.6. The molecular formula is C38H75NO17. The Balaban J connectivity index is 3.16. The van der Waals surface area contributed by atoms with Crippen molar-refractivity contribution >= 4 is 12.1 Å². The minimum absolute atomic E-state index is 0.0887. The van der Waals surface area contributed by atoms with Gasteiger partial charge < -0.3 is 76.0 Å². The lowest BCUT2D eigenvalue weighted by molar-refractivity contribution is -0.160. The first-order chi connectivity index (χ1) is 26.9. The molecule has 0 unspecified atom stereocenters. The zero-order valence-electron chi connectivity index (χ0n) is 35.5. The van der Waals surface area contributed by atoms with Gasteiger partial charge in [-0.2, -0.15) is 0 Å². The Bertz CT molecular complexity index is 872. The van der Waals surface area contributed by atoms with Crippen LogP contribution in [0.2, 0.25) is 0 Å². The van der Waals surface area contributed by atoms with Gasteiger partial charge in [0.25, 0.3) is 0 Å². The van der Waals surface area contributed by atoms with Crippen LogP contribution in [0.5, 0.6) is 0 Å². The van der Waals surface area contributed by atoms with E-state index in [1.165, 1.54) is 4.90 Å². The molecule has 0 atom stereocenters. The van der Waals surface area contributed by atoms with Crippen molar-refractivity contribution in [2.45, 2.75) is 52.7 Å². The number of likely N-dealkylation sites (N-methyl/N-ethyl adjacent to an activating group) is 1. The Hall–Kier alpha value is -1.78. The van der Waals surface area contributed by atoms with Crippen molar-refractivity contribution in [1.29, 1.82) is 0 Å². The maximum Gasteiger partial charge on any atom is 0.410 e. The van der Waals surface area contributed by atoms with Crippen LogP contribution in [0.1, 0.15) is 41.5 Å². The van der Waals surface area contributed by atoms with Crippen LogP contribution in [0.25, 0.3) is 0 Å². The van der Waals surface area contributed by atoms with Gasteiger partial charge in [-0.15, -0.1) is 0 Å². The second kappa shape index (κ2) is 38.7. The van der Waals surface area contributed by atoms with Gasteiger partial charge in [0, 0.05) is 13.6 Å². The van der Waals surface area contributed by atoms with Crippen LogP contribution in [0, 0.1) is 0 Å². The molecule has 0 saturated carbocycles. The van der Waals surface area contributed by atoms with Gasteiger partial charge in [0.2, 0.25) is 0 Å². The number of carbonyl (C=O) groups is 2. The van der Waals surface area contributed by atoms with E-state index in [4.69, 9.17) is 71.1 Å². The van der Waals surface area contributed by atoms with Crippen LogP contribution in [0.15, 0.2) is 0 Å². The summed E-state index contributed by atoms with van der Waals surface area (Å²) in [7, 11) is 1.68. The fourth-order valence-electron chi connectivity index (χ4n) is 3.80. The molecule has 0 aromatic heterocycles. The smallest absolute Gasteiger partial charge is 0.410 e. The highest BCUT2D eigenvalue weighted by molar-refractivity contribution is 5.71. The summed E-state index contributed by atoms with van der Waals surface area (Å²) in [6.07, 6.45) is -0.369. The molecule has 0 aliphatic carbocycles. The Kier molecular flexibility index (Phi) is 37.5. The Morgan fingerprint density at radius 3 is 0.786 bits per heavy atom. The van der Waals surface area contributed by atoms with E-state index < -0.39 is 17.2 Å². The van der Waals surface area contributed by atoms with E-state index >= 15 is 0 Å². The van der Waals surface area contributed by atoms with Crippen LogP contribution >= 0.6 is 0 Å². The predicted molar refractivity (Wildman–Crippen MR) is 205 cm³/mol.